The zero-order chi connectivity index (χ0) is 15.2. The van der Waals surface area contributed by atoms with Crippen LogP contribution in [0.4, 0.5) is 4.79 Å². The van der Waals surface area contributed by atoms with E-state index < -0.39 is 11.4 Å². The van der Waals surface area contributed by atoms with Crippen LogP contribution >= 0.6 is 0 Å². The van der Waals surface area contributed by atoms with E-state index in [1.807, 2.05) is 4.90 Å². The van der Waals surface area contributed by atoms with Crippen molar-refractivity contribution in [3.05, 3.63) is 0 Å². The molecule has 1 fully saturated rings. The Morgan fingerprint density at radius 2 is 2.00 bits per heavy atom. The molecule has 116 valence electrons. The highest BCUT2D eigenvalue weighted by Crippen LogP contribution is 2.22. The molecule has 2 N–H and O–H groups in total. The number of urea groups is 1. The molecule has 5 nitrogen and oxygen atoms in total. The Morgan fingerprint density at radius 1 is 1.30 bits per heavy atom. The Kier molecular flexibility index (Phi) is 6.30. The number of carboxylic acid groups (broad SMARTS) is 1. The molecule has 5 heteroatoms. The number of nitrogens with one attached hydrogen (secondary N) is 1. The summed E-state index contributed by atoms with van der Waals surface area (Å²) < 4.78 is 0. The molecule has 1 heterocycles. The summed E-state index contributed by atoms with van der Waals surface area (Å²) in [7, 11) is 0. The molecule has 1 aliphatic rings. The van der Waals surface area contributed by atoms with Crippen molar-refractivity contribution in [2.24, 2.45) is 11.3 Å². The number of aliphatic carboxylic acids is 1. The van der Waals surface area contributed by atoms with Gasteiger partial charge in [-0.15, -0.1) is 0 Å². The summed E-state index contributed by atoms with van der Waals surface area (Å²) >= 11 is 0. The molecule has 1 unspecified atom stereocenters. The Balaban J connectivity index is 2.42. The fourth-order valence-corrected chi connectivity index (χ4v) is 2.55. The lowest BCUT2D eigenvalue weighted by Gasteiger charge is -2.25. The molecule has 1 rings (SSSR count). The van der Waals surface area contributed by atoms with E-state index in [-0.39, 0.29) is 12.6 Å². The Labute approximate surface area is 121 Å². The third kappa shape index (κ3) is 5.02. The maximum Gasteiger partial charge on any atom is 0.317 e. The zero-order valence-electron chi connectivity index (χ0n) is 12.9. The number of nitrogens with zero attached hydrogens (tertiary/aromatic N) is 1. The molecule has 0 bridgehead atoms. The zero-order valence-corrected chi connectivity index (χ0v) is 12.9. The van der Waals surface area contributed by atoms with Crippen molar-refractivity contribution in [1.82, 2.24) is 10.2 Å². The van der Waals surface area contributed by atoms with Crippen LogP contribution in [0.25, 0.3) is 0 Å². The third-order valence-electron chi connectivity index (χ3n) is 4.09. The Morgan fingerprint density at radius 3 is 2.60 bits per heavy atom. The molecule has 20 heavy (non-hydrogen) atoms. The minimum absolute atomic E-state index is 0.128. The molecule has 1 saturated heterocycles. The smallest absolute Gasteiger partial charge is 0.317 e. The number of carbonyl (C=O) groups excluding carboxylic acids is 1. The highest BCUT2D eigenvalue weighted by Gasteiger charge is 2.28. The second-order valence-electron chi connectivity index (χ2n) is 6.42. The Bertz CT molecular complexity index is 342. The first kappa shape index (κ1) is 16.8. The minimum Gasteiger partial charge on any atom is -0.481 e. The SMILES string of the molecule is CCCC1CCCN(C(=O)NCC(C)(C)C(=O)O)CC1. The molecular weight excluding hydrogens is 256 g/mol. The number of rotatable bonds is 5. The van der Waals surface area contributed by atoms with Gasteiger partial charge in [0.05, 0.1) is 5.41 Å². The molecule has 1 aliphatic heterocycles. The van der Waals surface area contributed by atoms with E-state index in [9.17, 15) is 9.59 Å². The van der Waals surface area contributed by atoms with Crippen molar-refractivity contribution >= 4 is 12.0 Å². The molecule has 0 aliphatic carbocycles. The Hall–Kier alpha value is -1.26. The van der Waals surface area contributed by atoms with Crippen molar-refractivity contribution in [1.29, 1.82) is 0 Å². The maximum absolute atomic E-state index is 12.1. The van der Waals surface area contributed by atoms with E-state index in [0.717, 1.165) is 31.8 Å². The average Bonchev–Trinajstić information content (AvgIpc) is 2.62. The van der Waals surface area contributed by atoms with Crippen LogP contribution in [0.15, 0.2) is 0 Å². The van der Waals surface area contributed by atoms with Crippen LogP contribution in [-0.4, -0.2) is 41.6 Å². The first-order valence-corrected chi connectivity index (χ1v) is 7.63. The quantitative estimate of drug-likeness (QED) is 0.815. The largest absolute Gasteiger partial charge is 0.481 e. The molecule has 0 aromatic heterocycles. The predicted octanol–water partition coefficient (Wildman–Crippen LogP) is 2.71. The van der Waals surface area contributed by atoms with Gasteiger partial charge in [-0.1, -0.05) is 19.8 Å². The molecule has 0 aromatic carbocycles. The molecule has 0 saturated carbocycles. The number of carbonyl (C=O) groups is 2. The van der Waals surface area contributed by atoms with Crippen LogP contribution in [0.1, 0.15) is 52.9 Å². The summed E-state index contributed by atoms with van der Waals surface area (Å²) in [5, 5.41) is 11.8. The minimum atomic E-state index is -0.924. The lowest BCUT2D eigenvalue weighted by Crippen LogP contribution is -2.45. The van der Waals surface area contributed by atoms with Gasteiger partial charge in [0, 0.05) is 19.6 Å². The van der Waals surface area contributed by atoms with Gasteiger partial charge in [0.1, 0.15) is 0 Å². The van der Waals surface area contributed by atoms with Crippen LogP contribution in [-0.2, 0) is 4.79 Å². The summed E-state index contributed by atoms with van der Waals surface area (Å²) in [6.07, 6.45) is 5.73. The van der Waals surface area contributed by atoms with Gasteiger partial charge in [-0.3, -0.25) is 4.79 Å². The van der Waals surface area contributed by atoms with Crippen LogP contribution < -0.4 is 5.32 Å². The summed E-state index contributed by atoms with van der Waals surface area (Å²) in [5.41, 5.74) is -0.924. The number of hydrogen-bond acceptors (Lipinski definition) is 2. The van der Waals surface area contributed by atoms with E-state index in [2.05, 4.69) is 12.2 Å². The lowest BCUT2D eigenvalue weighted by molar-refractivity contribution is -0.146. The van der Waals surface area contributed by atoms with Gasteiger partial charge in [0.2, 0.25) is 0 Å². The second-order valence-corrected chi connectivity index (χ2v) is 6.42. The van der Waals surface area contributed by atoms with Crippen molar-refractivity contribution < 1.29 is 14.7 Å². The van der Waals surface area contributed by atoms with Gasteiger partial charge in [-0.2, -0.15) is 0 Å². The predicted molar refractivity (Wildman–Crippen MR) is 78.6 cm³/mol. The number of likely N-dealkylation sites (tertiary alicyclic amines) is 1. The summed E-state index contributed by atoms with van der Waals surface area (Å²) in [4.78, 5) is 24.9. The maximum atomic E-state index is 12.1. The van der Waals surface area contributed by atoms with E-state index in [1.54, 1.807) is 13.8 Å². The highest BCUT2D eigenvalue weighted by molar-refractivity contribution is 5.77. The number of amides is 2. The summed E-state index contributed by atoms with van der Waals surface area (Å²) in [6.45, 7) is 7.16. The number of hydrogen-bond donors (Lipinski definition) is 2. The van der Waals surface area contributed by atoms with Gasteiger partial charge in [0.15, 0.2) is 0 Å². The molecule has 2 amide bonds. The van der Waals surface area contributed by atoms with Crippen LogP contribution in [0.3, 0.4) is 0 Å². The number of carboxylic acids is 1. The first-order chi connectivity index (χ1) is 9.36. The van der Waals surface area contributed by atoms with Gasteiger partial charge in [0.25, 0.3) is 0 Å². The van der Waals surface area contributed by atoms with E-state index in [0.29, 0.717) is 0 Å². The van der Waals surface area contributed by atoms with Crippen molar-refractivity contribution in [2.45, 2.75) is 52.9 Å². The second kappa shape index (κ2) is 7.50. The van der Waals surface area contributed by atoms with Crippen molar-refractivity contribution in [3.63, 3.8) is 0 Å². The third-order valence-corrected chi connectivity index (χ3v) is 4.09. The molecule has 0 spiro atoms. The molecule has 1 atom stereocenters. The lowest BCUT2D eigenvalue weighted by atomic mass is 9.94. The van der Waals surface area contributed by atoms with Crippen LogP contribution in [0.2, 0.25) is 0 Å². The van der Waals surface area contributed by atoms with Gasteiger partial charge < -0.3 is 15.3 Å². The topological polar surface area (TPSA) is 69.6 Å². The summed E-state index contributed by atoms with van der Waals surface area (Å²) in [6, 6.07) is -0.128. The van der Waals surface area contributed by atoms with E-state index in [1.165, 1.54) is 19.3 Å². The average molecular weight is 284 g/mol. The van der Waals surface area contributed by atoms with Crippen molar-refractivity contribution in [3.8, 4) is 0 Å². The van der Waals surface area contributed by atoms with Gasteiger partial charge >= 0.3 is 12.0 Å². The van der Waals surface area contributed by atoms with E-state index in [4.69, 9.17) is 5.11 Å². The normalized spacial score (nSPS) is 20.4. The van der Waals surface area contributed by atoms with E-state index >= 15 is 0 Å². The standard InChI is InChI=1S/C15H28N2O3/c1-4-6-12-7-5-9-17(10-8-12)14(20)16-11-15(2,3)13(18)19/h12H,4-11H2,1-3H3,(H,16,20)(H,18,19). The van der Waals surface area contributed by atoms with Crippen LogP contribution in [0, 0.1) is 11.3 Å². The first-order valence-electron chi connectivity index (χ1n) is 7.63. The molecule has 0 aromatic rings. The fourth-order valence-electron chi connectivity index (χ4n) is 2.55. The summed E-state index contributed by atoms with van der Waals surface area (Å²) in [5.74, 6) is -0.162. The van der Waals surface area contributed by atoms with Crippen LogP contribution in [0.5, 0.6) is 0 Å². The highest BCUT2D eigenvalue weighted by atomic mass is 16.4. The van der Waals surface area contributed by atoms with Gasteiger partial charge in [-0.25, -0.2) is 4.79 Å². The molecular formula is C15H28N2O3. The van der Waals surface area contributed by atoms with Gasteiger partial charge in [-0.05, 0) is 39.0 Å². The fraction of sp³-hybridized carbons (Fsp3) is 0.867. The molecule has 0 radical (unpaired) electrons. The van der Waals surface area contributed by atoms with Crippen molar-refractivity contribution in [2.75, 3.05) is 19.6 Å². The monoisotopic (exact) mass is 284 g/mol.